The van der Waals surface area contributed by atoms with Crippen LogP contribution in [0.25, 0.3) is 0 Å². The predicted molar refractivity (Wildman–Crippen MR) is 63.0 cm³/mol. The molecule has 1 aliphatic heterocycles. The zero-order chi connectivity index (χ0) is 11.7. The molecule has 1 amide bonds. The molecule has 1 heterocycles. The quantitative estimate of drug-likeness (QED) is 0.755. The number of carbonyl (C=O) groups is 1. The number of carbonyl (C=O) groups excluding carboxylic acids is 1. The lowest BCUT2D eigenvalue weighted by atomic mass is 10.2. The van der Waals surface area contributed by atoms with Crippen molar-refractivity contribution < 1.29 is 9.53 Å². The minimum atomic E-state index is -0.472. The van der Waals surface area contributed by atoms with E-state index in [1.54, 1.807) is 31.2 Å². The Labute approximate surface area is 98.5 Å². The van der Waals surface area contributed by atoms with E-state index >= 15 is 0 Å². The van der Waals surface area contributed by atoms with Crippen molar-refractivity contribution in [3.63, 3.8) is 0 Å². The summed E-state index contributed by atoms with van der Waals surface area (Å²) in [6.07, 6.45) is -0.739. The zero-order valence-corrected chi connectivity index (χ0v) is 9.73. The molecule has 1 unspecified atom stereocenters. The van der Waals surface area contributed by atoms with Gasteiger partial charge >= 0.3 is 6.09 Å². The molecule has 0 bridgehead atoms. The van der Waals surface area contributed by atoms with Gasteiger partial charge in [0.05, 0.1) is 11.4 Å². The van der Waals surface area contributed by atoms with Crippen molar-refractivity contribution in [2.45, 2.75) is 20.0 Å². The average molecular weight is 239 g/mol. The van der Waals surface area contributed by atoms with Crippen LogP contribution in [-0.4, -0.2) is 17.9 Å². The summed E-state index contributed by atoms with van der Waals surface area (Å²) in [5, 5.41) is 6.02. The number of hydrogen-bond acceptors (Lipinski definition) is 3. The second-order valence-corrected chi connectivity index (χ2v) is 3.99. The predicted octanol–water partition coefficient (Wildman–Crippen LogP) is 3.06. The Balaban J connectivity index is 2.33. The van der Waals surface area contributed by atoms with Gasteiger partial charge in [0.15, 0.2) is 0 Å². The minimum absolute atomic E-state index is 0.268. The number of benzene rings is 1. The van der Waals surface area contributed by atoms with Crippen molar-refractivity contribution in [2.24, 2.45) is 5.10 Å². The number of cyclic esters (lactones) is 1. The molecule has 2 rings (SSSR count). The van der Waals surface area contributed by atoms with Crippen molar-refractivity contribution >= 4 is 29.1 Å². The maximum absolute atomic E-state index is 11.6. The summed E-state index contributed by atoms with van der Waals surface area (Å²) in [6, 6.07) is 6.84. The van der Waals surface area contributed by atoms with Crippen LogP contribution in [0.3, 0.4) is 0 Å². The Bertz CT molecular complexity index is 442. The van der Waals surface area contributed by atoms with Crippen LogP contribution in [0.2, 0.25) is 5.02 Å². The topological polar surface area (TPSA) is 41.9 Å². The lowest BCUT2D eigenvalue weighted by Gasteiger charge is -2.26. The number of nitrogens with zero attached hydrogens (tertiary/aromatic N) is 2. The van der Waals surface area contributed by atoms with Crippen molar-refractivity contribution in [3.8, 4) is 0 Å². The Kier molecular flexibility index (Phi) is 2.83. The van der Waals surface area contributed by atoms with Crippen molar-refractivity contribution in [2.75, 3.05) is 5.01 Å². The molecular formula is C11H11ClN2O2. The molecule has 0 saturated heterocycles. The molecule has 1 atom stereocenters. The monoisotopic (exact) mass is 238 g/mol. The first kappa shape index (κ1) is 11.0. The SMILES string of the molecule is CC1=NN(c2ccc(Cl)cc2)C(=O)OC1C. The van der Waals surface area contributed by atoms with Crippen LogP contribution in [0.5, 0.6) is 0 Å². The van der Waals surface area contributed by atoms with Gasteiger partial charge in [-0.05, 0) is 38.1 Å². The average Bonchev–Trinajstić information content (AvgIpc) is 2.25. The van der Waals surface area contributed by atoms with Gasteiger partial charge in [-0.25, -0.2) is 4.79 Å². The molecular weight excluding hydrogens is 228 g/mol. The summed E-state index contributed by atoms with van der Waals surface area (Å²) in [5.74, 6) is 0. The summed E-state index contributed by atoms with van der Waals surface area (Å²) in [6.45, 7) is 3.61. The van der Waals surface area contributed by atoms with Crippen LogP contribution in [-0.2, 0) is 4.74 Å². The fourth-order valence-electron chi connectivity index (χ4n) is 1.31. The molecule has 4 nitrogen and oxygen atoms in total. The van der Waals surface area contributed by atoms with Gasteiger partial charge in [0.2, 0.25) is 0 Å². The number of amides is 1. The molecule has 0 fully saturated rings. The summed E-state index contributed by atoms with van der Waals surface area (Å²) in [4.78, 5) is 11.6. The highest BCUT2D eigenvalue weighted by Crippen LogP contribution is 2.22. The van der Waals surface area contributed by atoms with Gasteiger partial charge in [-0.3, -0.25) is 0 Å². The number of halogens is 1. The fraction of sp³-hybridized carbons (Fsp3) is 0.273. The minimum Gasteiger partial charge on any atom is -0.439 e. The van der Waals surface area contributed by atoms with Gasteiger partial charge in [0, 0.05) is 5.02 Å². The highest BCUT2D eigenvalue weighted by Gasteiger charge is 2.26. The number of hydrogen-bond donors (Lipinski definition) is 0. The van der Waals surface area contributed by atoms with Crippen LogP contribution in [0.1, 0.15) is 13.8 Å². The molecule has 0 N–H and O–H groups in total. The fourth-order valence-corrected chi connectivity index (χ4v) is 1.44. The van der Waals surface area contributed by atoms with E-state index < -0.39 is 6.09 Å². The second kappa shape index (κ2) is 4.14. The van der Waals surface area contributed by atoms with Crippen LogP contribution in [0.15, 0.2) is 29.4 Å². The molecule has 0 aliphatic carbocycles. The first-order chi connectivity index (χ1) is 7.58. The smallest absolute Gasteiger partial charge is 0.435 e. The van der Waals surface area contributed by atoms with Crippen molar-refractivity contribution in [1.29, 1.82) is 0 Å². The Morgan fingerprint density at radius 1 is 1.38 bits per heavy atom. The maximum atomic E-state index is 11.6. The van der Waals surface area contributed by atoms with E-state index in [0.29, 0.717) is 10.7 Å². The van der Waals surface area contributed by atoms with Crippen molar-refractivity contribution in [3.05, 3.63) is 29.3 Å². The second-order valence-electron chi connectivity index (χ2n) is 3.56. The molecule has 0 saturated carbocycles. The largest absolute Gasteiger partial charge is 0.439 e. The Morgan fingerprint density at radius 3 is 2.62 bits per heavy atom. The molecule has 0 aromatic heterocycles. The highest BCUT2D eigenvalue weighted by atomic mass is 35.5. The zero-order valence-electron chi connectivity index (χ0n) is 8.98. The summed E-state index contributed by atoms with van der Waals surface area (Å²) < 4.78 is 5.12. The number of ether oxygens (including phenoxy) is 1. The molecule has 1 aromatic rings. The Morgan fingerprint density at radius 2 is 2.00 bits per heavy atom. The van der Waals surface area contributed by atoms with Gasteiger partial charge in [-0.1, -0.05) is 11.6 Å². The van der Waals surface area contributed by atoms with Gasteiger partial charge in [-0.2, -0.15) is 10.1 Å². The lowest BCUT2D eigenvalue weighted by Crippen LogP contribution is -2.38. The van der Waals surface area contributed by atoms with E-state index in [0.717, 1.165) is 5.71 Å². The normalized spacial score (nSPS) is 20.4. The molecule has 16 heavy (non-hydrogen) atoms. The first-order valence-electron chi connectivity index (χ1n) is 4.89. The summed E-state index contributed by atoms with van der Waals surface area (Å²) in [7, 11) is 0. The molecule has 0 spiro atoms. The number of anilines is 1. The van der Waals surface area contributed by atoms with Gasteiger partial charge in [0.25, 0.3) is 0 Å². The van der Waals surface area contributed by atoms with E-state index in [2.05, 4.69) is 5.10 Å². The summed E-state index contributed by atoms with van der Waals surface area (Å²) in [5.41, 5.74) is 1.40. The van der Waals surface area contributed by atoms with Crippen molar-refractivity contribution in [1.82, 2.24) is 0 Å². The molecule has 84 valence electrons. The third kappa shape index (κ3) is 2.02. The van der Waals surface area contributed by atoms with E-state index in [9.17, 15) is 4.79 Å². The first-order valence-corrected chi connectivity index (χ1v) is 5.27. The van der Waals surface area contributed by atoms with E-state index in [1.807, 2.05) is 6.92 Å². The van der Waals surface area contributed by atoms with Gasteiger partial charge in [-0.15, -0.1) is 0 Å². The standard InChI is InChI=1S/C11H11ClN2O2/c1-7-8(2)16-11(15)14(13-7)10-5-3-9(12)4-6-10/h3-6,8H,1-2H3. The molecule has 1 aliphatic rings. The molecule has 5 heteroatoms. The van der Waals surface area contributed by atoms with Gasteiger partial charge < -0.3 is 4.74 Å². The van der Waals surface area contributed by atoms with E-state index in [4.69, 9.17) is 16.3 Å². The van der Waals surface area contributed by atoms with Crippen LogP contribution < -0.4 is 5.01 Å². The maximum Gasteiger partial charge on any atom is 0.435 e. The number of hydrazone groups is 1. The molecule has 0 radical (unpaired) electrons. The number of rotatable bonds is 1. The third-order valence-electron chi connectivity index (χ3n) is 2.37. The van der Waals surface area contributed by atoms with E-state index in [1.165, 1.54) is 5.01 Å². The van der Waals surface area contributed by atoms with Crippen LogP contribution in [0, 0.1) is 0 Å². The Hall–Kier alpha value is -1.55. The third-order valence-corrected chi connectivity index (χ3v) is 2.62. The van der Waals surface area contributed by atoms with Gasteiger partial charge in [0.1, 0.15) is 6.10 Å². The van der Waals surface area contributed by atoms with Crippen LogP contribution >= 0.6 is 11.6 Å². The lowest BCUT2D eigenvalue weighted by molar-refractivity contribution is 0.135. The van der Waals surface area contributed by atoms with Crippen LogP contribution in [0.4, 0.5) is 10.5 Å². The summed E-state index contributed by atoms with van der Waals surface area (Å²) >= 11 is 5.77. The van der Waals surface area contributed by atoms with E-state index in [-0.39, 0.29) is 6.10 Å². The molecule has 1 aromatic carbocycles. The highest BCUT2D eigenvalue weighted by molar-refractivity contribution is 6.30.